The molecule has 38 heavy (non-hydrogen) atoms. The summed E-state index contributed by atoms with van der Waals surface area (Å²) in [6.45, 7) is 5.15. The largest absolute Gasteiger partial charge is 0.463 e. The molecule has 2 N–H and O–H groups in total. The number of esters is 4. The van der Waals surface area contributed by atoms with Crippen molar-refractivity contribution in [3.63, 3.8) is 0 Å². The normalized spacial score (nSPS) is 20.7. The zero-order valence-corrected chi connectivity index (χ0v) is 20.9. The summed E-state index contributed by atoms with van der Waals surface area (Å²) in [5.41, 5.74) is 6.52. The van der Waals surface area contributed by atoms with Gasteiger partial charge in [-0.3, -0.25) is 19.0 Å². The van der Waals surface area contributed by atoms with Gasteiger partial charge in [-0.15, -0.1) is 0 Å². The van der Waals surface area contributed by atoms with E-state index in [-0.39, 0.29) is 41.8 Å². The summed E-state index contributed by atoms with van der Waals surface area (Å²) in [5.74, 6) is -2.54. The Bertz CT molecular complexity index is 1380. The van der Waals surface area contributed by atoms with Crippen LogP contribution in [-0.4, -0.2) is 84.7 Å². The number of ether oxygens (including phenoxy) is 5. The topological polar surface area (TPSA) is 202 Å². The summed E-state index contributed by atoms with van der Waals surface area (Å²) in [5, 5.41) is 4.14. The first-order chi connectivity index (χ1) is 18.1. The molecular formula is C22H25N7O9. The van der Waals surface area contributed by atoms with Crippen molar-refractivity contribution in [3.05, 3.63) is 24.3 Å². The van der Waals surface area contributed by atoms with Gasteiger partial charge in [0.2, 0.25) is 0 Å². The number of nitrogens with two attached hydrogens (primary N) is 1. The van der Waals surface area contributed by atoms with E-state index in [9.17, 15) is 19.2 Å². The Morgan fingerprint density at radius 2 is 1.74 bits per heavy atom. The molecule has 0 amide bonds. The smallest absolute Gasteiger partial charge is 0.358 e. The third-order valence-electron chi connectivity index (χ3n) is 5.33. The third-order valence-corrected chi connectivity index (χ3v) is 5.33. The van der Waals surface area contributed by atoms with Gasteiger partial charge in [-0.1, -0.05) is 0 Å². The quantitative estimate of drug-likeness (QED) is 0.303. The van der Waals surface area contributed by atoms with E-state index in [2.05, 4.69) is 20.1 Å². The van der Waals surface area contributed by atoms with Crippen molar-refractivity contribution < 1.29 is 42.9 Å². The van der Waals surface area contributed by atoms with E-state index in [0.29, 0.717) is 0 Å². The lowest BCUT2D eigenvalue weighted by molar-refractivity contribution is -0.166. The number of imidazole rings is 1. The van der Waals surface area contributed by atoms with E-state index in [0.717, 1.165) is 0 Å². The van der Waals surface area contributed by atoms with Crippen LogP contribution in [0.3, 0.4) is 0 Å². The number of carbonyl (C=O) groups is 4. The minimum Gasteiger partial charge on any atom is -0.463 e. The molecule has 0 unspecified atom stereocenters. The molecule has 3 aromatic rings. The van der Waals surface area contributed by atoms with E-state index in [1.807, 2.05) is 0 Å². The predicted octanol–water partition coefficient (Wildman–Crippen LogP) is 0.0948. The SMILES string of the molecule is CCOC(=O)c1ccn(-c2nc(N)c3ncn([C@@H]4O[C@H](COC(C)=O)[C@@H](OC(C)=O)[C@H]4OC(C)=O)c3n2)n1. The highest BCUT2D eigenvalue weighted by molar-refractivity contribution is 5.87. The Morgan fingerprint density at radius 3 is 2.39 bits per heavy atom. The second-order valence-electron chi connectivity index (χ2n) is 8.11. The summed E-state index contributed by atoms with van der Waals surface area (Å²) in [6, 6.07) is 1.43. The minimum atomic E-state index is -1.16. The molecule has 0 bridgehead atoms. The summed E-state index contributed by atoms with van der Waals surface area (Å²) in [4.78, 5) is 60.1. The van der Waals surface area contributed by atoms with Gasteiger partial charge in [0.15, 0.2) is 35.6 Å². The van der Waals surface area contributed by atoms with Gasteiger partial charge in [-0.2, -0.15) is 15.1 Å². The number of fused-ring (bicyclic) bond motifs is 1. The first-order valence-electron chi connectivity index (χ1n) is 11.5. The average Bonchev–Trinajstić information content (AvgIpc) is 3.56. The van der Waals surface area contributed by atoms with E-state index in [1.165, 1.54) is 48.6 Å². The van der Waals surface area contributed by atoms with Crippen LogP contribution in [0.25, 0.3) is 17.1 Å². The zero-order valence-electron chi connectivity index (χ0n) is 20.9. The molecule has 0 aliphatic carbocycles. The van der Waals surface area contributed by atoms with Crippen LogP contribution in [0.5, 0.6) is 0 Å². The van der Waals surface area contributed by atoms with Gasteiger partial charge < -0.3 is 29.4 Å². The first kappa shape index (κ1) is 26.5. The van der Waals surface area contributed by atoms with E-state index in [4.69, 9.17) is 29.4 Å². The predicted molar refractivity (Wildman–Crippen MR) is 124 cm³/mol. The Kier molecular flexibility index (Phi) is 7.52. The number of aromatic nitrogens is 6. The molecule has 0 radical (unpaired) electrons. The molecule has 0 spiro atoms. The summed E-state index contributed by atoms with van der Waals surface area (Å²) < 4.78 is 29.6. The molecule has 4 rings (SSSR count). The van der Waals surface area contributed by atoms with Crippen LogP contribution >= 0.6 is 0 Å². The number of hydrogen-bond donors (Lipinski definition) is 1. The first-order valence-corrected chi connectivity index (χ1v) is 11.5. The van der Waals surface area contributed by atoms with Crippen LogP contribution in [0.1, 0.15) is 44.4 Å². The highest BCUT2D eigenvalue weighted by atomic mass is 16.7. The van der Waals surface area contributed by atoms with Gasteiger partial charge >= 0.3 is 23.9 Å². The number of hydrogen-bond acceptors (Lipinski definition) is 14. The van der Waals surface area contributed by atoms with Crippen LogP contribution in [0, 0.1) is 0 Å². The zero-order chi connectivity index (χ0) is 27.6. The van der Waals surface area contributed by atoms with Gasteiger partial charge in [-0.05, 0) is 13.0 Å². The van der Waals surface area contributed by atoms with Crippen molar-refractivity contribution in [1.29, 1.82) is 0 Å². The lowest BCUT2D eigenvalue weighted by Gasteiger charge is -2.23. The average molecular weight is 531 g/mol. The fourth-order valence-electron chi connectivity index (χ4n) is 3.88. The number of nitrogens with zero attached hydrogens (tertiary/aromatic N) is 6. The molecule has 1 aliphatic heterocycles. The van der Waals surface area contributed by atoms with Crippen molar-refractivity contribution in [2.75, 3.05) is 18.9 Å². The molecule has 3 aromatic heterocycles. The molecule has 1 aliphatic rings. The lowest BCUT2D eigenvalue weighted by Crippen LogP contribution is -2.40. The number of anilines is 1. The maximum Gasteiger partial charge on any atom is 0.358 e. The number of carbonyl (C=O) groups excluding carboxylic acids is 4. The van der Waals surface area contributed by atoms with Gasteiger partial charge in [0, 0.05) is 27.0 Å². The van der Waals surface area contributed by atoms with Crippen molar-refractivity contribution in [2.24, 2.45) is 0 Å². The van der Waals surface area contributed by atoms with Gasteiger partial charge in [0.1, 0.15) is 18.2 Å². The maximum atomic E-state index is 12.0. The summed E-state index contributed by atoms with van der Waals surface area (Å²) >= 11 is 0. The molecule has 16 heteroatoms. The van der Waals surface area contributed by atoms with Crippen LogP contribution in [0.2, 0.25) is 0 Å². The number of nitrogen functional groups attached to an aromatic ring is 1. The van der Waals surface area contributed by atoms with Crippen LogP contribution in [0.4, 0.5) is 5.82 Å². The lowest BCUT2D eigenvalue weighted by atomic mass is 10.1. The van der Waals surface area contributed by atoms with E-state index < -0.39 is 48.4 Å². The Labute approximate surface area is 215 Å². The molecule has 4 heterocycles. The fourth-order valence-corrected chi connectivity index (χ4v) is 3.88. The second-order valence-corrected chi connectivity index (χ2v) is 8.11. The van der Waals surface area contributed by atoms with Crippen LogP contribution in [-0.2, 0) is 38.1 Å². The van der Waals surface area contributed by atoms with Crippen molar-refractivity contribution >= 4 is 40.9 Å². The van der Waals surface area contributed by atoms with Gasteiger partial charge in [-0.25, -0.2) is 14.5 Å². The number of rotatable bonds is 8. The molecule has 0 aromatic carbocycles. The molecule has 1 saturated heterocycles. The van der Waals surface area contributed by atoms with E-state index in [1.54, 1.807) is 6.92 Å². The molecule has 1 fully saturated rings. The second kappa shape index (κ2) is 10.8. The Hall–Kier alpha value is -4.60. The van der Waals surface area contributed by atoms with Crippen LogP contribution < -0.4 is 5.73 Å². The van der Waals surface area contributed by atoms with Crippen molar-refractivity contribution in [1.82, 2.24) is 29.3 Å². The monoisotopic (exact) mass is 531 g/mol. The van der Waals surface area contributed by atoms with Gasteiger partial charge in [0.05, 0.1) is 12.9 Å². The molecule has 4 atom stereocenters. The summed E-state index contributed by atoms with van der Waals surface area (Å²) in [7, 11) is 0. The summed E-state index contributed by atoms with van der Waals surface area (Å²) in [6.07, 6.45) is -1.57. The van der Waals surface area contributed by atoms with Crippen molar-refractivity contribution in [2.45, 2.75) is 52.2 Å². The van der Waals surface area contributed by atoms with Crippen LogP contribution in [0.15, 0.2) is 18.6 Å². The molecule has 0 saturated carbocycles. The highest BCUT2D eigenvalue weighted by Gasteiger charge is 2.51. The third kappa shape index (κ3) is 5.39. The molecule has 202 valence electrons. The fraction of sp³-hybridized carbons (Fsp3) is 0.455. The van der Waals surface area contributed by atoms with E-state index >= 15 is 0 Å². The molecule has 16 nitrogen and oxygen atoms in total. The Balaban J connectivity index is 1.76. The molecular weight excluding hydrogens is 506 g/mol. The standard InChI is InChI=1S/C22H25N7O9/c1-5-34-21(33)13-6-7-29(27-13)22-25-18(23)15-19(26-22)28(9-24-15)20-17(37-12(4)32)16(36-11(3)31)14(38-20)8-35-10(2)30/h6-7,9,14,16-17,20H,5,8H2,1-4H3,(H2,23,25,26)/t14-,16-,17-,20-/m1/s1. The highest BCUT2D eigenvalue weighted by Crippen LogP contribution is 2.36. The maximum absolute atomic E-state index is 12.0. The Morgan fingerprint density at radius 1 is 1.03 bits per heavy atom. The minimum absolute atomic E-state index is 0.00216. The van der Waals surface area contributed by atoms with Crippen molar-refractivity contribution in [3.8, 4) is 5.95 Å². The van der Waals surface area contributed by atoms with Gasteiger partial charge in [0.25, 0.3) is 5.95 Å².